The van der Waals surface area contributed by atoms with Crippen LogP contribution in [0.4, 0.5) is 0 Å². The van der Waals surface area contributed by atoms with Crippen LogP contribution in [0.2, 0.25) is 0 Å². The standard InChI is InChI=1S/C13H14BrN3O/c1-3-9-13(14)11(17(2)16-9)8-12(18)10-6-4-5-7-15-10/h4-7H,3,8H2,1-2H3. The molecule has 0 fully saturated rings. The SMILES string of the molecule is CCc1nn(C)c(CC(=O)c2ccccn2)c1Br. The highest BCUT2D eigenvalue weighted by molar-refractivity contribution is 9.10. The second-order valence-corrected chi connectivity index (χ2v) is 4.79. The van der Waals surface area contributed by atoms with Crippen molar-refractivity contribution in [3.63, 3.8) is 0 Å². The van der Waals surface area contributed by atoms with E-state index in [1.807, 2.05) is 20.0 Å². The number of rotatable bonds is 4. The third-order valence-electron chi connectivity index (χ3n) is 2.78. The van der Waals surface area contributed by atoms with Gasteiger partial charge in [-0.1, -0.05) is 13.0 Å². The van der Waals surface area contributed by atoms with Crippen LogP contribution in [0.1, 0.15) is 28.8 Å². The predicted molar refractivity (Wildman–Crippen MR) is 72.6 cm³/mol. The average Bonchev–Trinajstić information content (AvgIpc) is 2.67. The van der Waals surface area contributed by atoms with E-state index in [9.17, 15) is 4.79 Å². The minimum atomic E-state index is 0.00181. The highest BCUT2D eigenvalue weighted by Gasteiger charge is 2.17. The maximum absolute atomic E-state index is 12.1. The van der Waals surface area contributed by atoms with E-state index in [4.69, 9.17) is 0 Å². The van der Waals surface area contributed by atoms with Gasteiger partial charge in [-0.2, -0.15) is 5.10 Å². The molecule has 0 atom stereocenters. The highest BCUT2D eigenvalue weighted by atomic mass is 79.9. The molecule has 0 saturated heterocycles. The Morgan fingerprint density at radius 2 is 2.22 bits per heavy atom. The van der Waals surface area contributed by atoms with Crippen LogP contribution in [-0.4, -0.2) is 20.5 Å². The van der Waals surface area contributed by atoms with E-state index in [0.717, 1.165) is 22.3 Å². The molecule has 0 aromatic carbocycles. The fraction of sp³-hybridized carbons (Fsp3) is 0.308. The van der Waals surface area contributed by atoms with Gasteiger partial charge >= 0.3 is 0 Å². The average molecular weight is 308 g/mol. The molecule has 2 rings (SSSR count). The molecule has 2 heterocycles. The Hall–Kier alpha value is -1.49. The second-order valence-electron chi connectivity index (χ2n) is 4.00. The fourth-order valence-corrected chi connectivity index (χ4v) is 2.54. The molecule has 18 heavy (non-hydrogen) atoms. The highest BCUT2D eigenvalue weighted by Crippen LogP contribution is 2.22. The number of nitrogens with zero attached hydrogens (tertiary/aromatic N) is 3. The summed E-state index contributed by atoms with van der Waals surface area (Å²) in [5, 5.41) is 4.37. The van der Waals surface area contributed by atoms with Gasteiger partial charge in [-0.15, -0.1) is 0 Å². The number of aromatic nitrogens is 3. The molecule has 4 nitrogen and oxygen atoms in total. The Balaban J connectivity index is 2.25. The summed E-state index contributed by atoms with van der Waals surface area (Å²) in [6.07, 6.45) is 2.77. The van der Waals surface area contributed by atoms with Gasteiger partial charge in [0.05, 0.1) is 22.3 Å². The molecule has 0 N–H and O–H groups in total. The quantitative estimate of drug-likeness (QED) is 0.816. The Morgan fingerprint density at radius 1 is 1.44 bits per heavy atom. The van der Waals surface area contributed by atoms with Gasteiger partial charge in [-0.05, 0) is 34.5 Å². The van der Waals surface area contributed by atoms with E-state index in [1.165, 1.54) is 0 Å². The molecule has 0 aliphatic carbocycles. The molecule has 94 valence electrons. The number of carbonyl (C=O) groups excluding carboxylic acids is 1. The molecule has 0 aliphatic rings. The van der Waals surface area contributed by atoms with E-state index in [1.54, 1.807) is 23.0 Å². The molecule has 5 heteroatoms. The zero-order valence-corrected chi connectivity index (χ0v) is 11.9. The zero-order chi connectivity index (χ0) is 13.1. The molecule has 0 unspecified atom stereocenters. The van der Waals surface area contributed by atoms with Crippen LogP contribution in [0.25, 0.3) is 0 Å². The summed E-state index contributed by atoms with van der Waals surface area (Å²) in [7, 11) is 1.85. The third-order valence-corrected chi connectivity index (χ3v) is 3.70. The maximum atomic E-state index is 12.1. The van der Waals surface area contributed by atoms with Crippen molar-refractivity contribution in [2.45, 2.75) is 19.8 Å². The minimum absolute atomic E-state index is 0.00181. The first-order chi connectivity index (χ1) is 8.63. The van der Waals surface area contributed by atoms with E-state index >= 15 is 0 Å². The first kappa shape index (κ1) is 13.0. The molecule has 0 bridgehead atoms. The minimum Gasteiger partial charge on any atom is -0.292 e. The zero-order valence-electron chi connectivity index (χ0n) is 10.4. The number of aryl methyl sites for hydroxylation is 2. The lowest BCUT2D eigenvalue weighted by Crippen LogP contribution is -2.09. The lowest BCUT2D eigenvalue weighted by molar-refractivity contribution is 0.0986. The predicted octanol–water partition coefficient (Wildman–Crippen LogP) is 2.57. The lowest BCUT2D eigenvalue weighted by Gasteiger charge is -2.02. The van der Waals surface area contributed by atoms with Crippen molar-refractivity contribution in [3.05, 3.63) is 46.0 Å². The van der Waals surface area contributed by atoms with E-state index in [0.29, 0.717) is 12.1 Å². The molecule has 0 spiro atoms. The van der Waals surface area contributed by atoms with Gasteiger partial charge in [-0.3, -0.25) is 14.5 Å². The summed E-state index contributed by atoms with van der Waals surface area (Å²) in [6.45, 7) is 2.04. The molecule has 0 amide bonds. The molecule has 0 radical (unpaired) electrons. The number of pyridine rings is 1. The summed E-state index contributed by atoms with van der Waals surface area (Å²) in [6, 6.07) is 5.34. The van der Waals surface area contributed by atoms with Crippen LogP contribution >= 0.6 is 15.9 Å². The van der Waals surface area contributed by atoms with Gasteiger partial charge in [-0.25, -0.2) is 0 Å². The second kappa shape index (κ2) is 5.44. The van der Waals surface area contributed by atoms with Gasteiger partial charge in [0.15, 0.2) is 5.78 Å². The normalized spacial score (nSPS) is 10.6. The van der Waals surface area contributed by atoms with Crippen LogP contribution in [-0.2, 0) is 19.9 Å². The van der Waals surface area contributed by atoms with Gasteiger partial charge in [0.1, 0.15) is 5.69 Å². The Morgan fingerprint density at radius 3 is 2.78 bits per heavy atom. The monoisotopic (exact) mass is 307 g/mol. The van der Waals surface area contributed by atoms with Crippen molar-refractivity contribution in [2.75, 3.05) is 0 Å². The number of Topliss-reactive ketones (excluding diaryl/α,β-unsaturated/α-hetero) is 1. The summed E-state index contributed by atoms with van der Waals surface area (Å²) in [5.74, 6) is 0.00181. The number of halogens is 1. The van der Waals surface area contributed by atoms with Crippen LogP contribution in [0, 0.1) is 0 Å². The third kappa shape index (κ3) is 2.51. The maximum Gasteiger partial charge on any atom is 0.187 e. The molecule has 2 aromatic rings. The van der Waals surface area contributed by atoms with Crippen molar-refractivity contribution in [3.8, 4) is 0 Å². The largest absolute Gasteiger partial charge is 0.292 e. The number of carbonyl (C=O) groups is 1. The van der Waals surface area contributed by atoms with Crippen molar-refractivity contribution in [1.82, 2.24) is 14.8 Å². The molecule has 2 aromatic heterocycles. The van der Waals surface area contributed by atoms with Crippen LogP contribution < -0.4 is 0 Å². The van der Waals surface area contributed by atoms with E-state index < -0.39 is 0 Å². The van der Waals surface area contributed by atoms with Crippen molar-refractivity contribution < 1.29 is 4.79 Å². The van der Waals surface area contributed by atoms with Crippen molar-refractivity contribution >= 4 is 21.7 Å². The van der Waals surface area contributed by atoms with E-state index in [2.05, 4.69) is 26.0 Å². The molecule has 0 aliphatic heterocycles. The lowest BCUT2D eigenvalue weighted by atomic mass is 10.1. The van der Waals surface area contributed by atoms with Crippen molar-refractivity contribution in [2.24, 2.45) is 7.05 Å². The van der Waals surface area contributed by atoms with E-state index in [-0.39, 0.29) is 5.78 Å². The van der Waals surface area contributed by atoms with Crippen molar-refractivity contribution in [1.29, 1.82) is 0 Å². The van der Waals surface area contributed by atoms with Crippen LogP contribution in [0.15, 0.2) is 28.9 Å². The van der Waals surface area contributed by atoms with Gasteiger partial charge < -0.3 is 0 Å². The summed E-state index contributed by atoms with van der Waals surface area (Å²) < 4.78 is 2.68. The number of hydrogen-bond acceptors (Lipinski definition) is 3. The topological polar surface area (TPSA) is 47.8 Å². The Labute approximate surface area is 114 Å². The fourth-order valence-electron chi connectivity index (χ4n) is 1.78. The van der Waals surface area contributed by atoms with Crippen LogP contribution in [0.3, 0.4) is 0 Å². The van der Waals surface area contributed by atoms with Gasteiger partial charge in [0, 0.05) is 13.2 Å². The summed E-state index contributed by atoms with van der Waals surface area (Å²) in [4.78, 5) is 16.2. The smallest absolute Gasteiger partial charge is 0.187 e. The first-order valence-electron chi connectivity index (χ1n) is 5.78. The Bertz CT molecular complexity index is 563. The summed E-state index contributed by atoms with van der Waals surface area (Å²) >= 11 is 3.51. The first-order valence-corrected chi connectivity index (χ1v) is 6.57. The number of ketones is 1. The van der Waals surface area contributed by atoms with Gasteiger partial charge in [0.2, 0.25) is 0 Å². The van der Waals surface area contributed by atoms with Crippen LogP contribution in [0.5, 0.6) is 0 Å². The molecular formula is C13H14BrN3O. The molecule has 0 saturated carbocycles. The Kier molecular flexibility index (Phi) is 3.91. The summed E-state index contributed by atoms with van der Waals surface area (Å²) in [5.41, 5.74) is 2.35. The molecular weight excluding hydrogens is 294 g/mol. The number of hydrogen-bond donors (Lipinski definition) is 0. The van der Waals surface area contributed by atoms with Gasteiger partial charge in [0.25, 0.3) is 0 Å².